The van der Waals surface area contributed by atoms with Crippen molar-refractivity contribution in [2.75, 3.05) is 7.11 Å². The van der Waals surface area contributed by atoms with Crippen molar-refractivity contribution < 1.29 is 13.6 Å². The summed E-state index contributed by atoms with van der Waals surface area (Å²) >= 11 is 1.16. The van der Waals surface area contributed by atoms with Gasteiger partial charge in [-0.3, -0.25) is 4.52 Å². The lowest BCUT2D eigenvalue weighted by Gasteiger charge is -2.18. The summed E-state index contributed by atoms with van der Waals surface area (Å²) in [5.41, 5.74) is 5.34. The molecule has 0 heterocycles. The molecule has 2 atom stereocenters. The largest absolute Gasteiger partial charge is 0.390 e. The molecule has 0 aliphatic carbocycles. The van der Waals surface area contributed by atoms with Crippen molar-refractivity contribution in [3.63, 3.8) is 0 Å². The van der Waals surface area contributed by atoms with E-state index in [1.807, 2.05) is 13.8 Å². The topological polar surface area (TPSA) is 61.5 Å². The molecule has 0 aromatic heterocycles. The van der Waals surface area contributed by atoms with E-state index >= 15 is 0 Å². The zero-order valence-electron chi connectivity index (χ0n) is 7.81. The average Bonchev–Trinajstić information content (AvgIpc) is 1.83. The van der Waals surface area contributed by atoms with Crippen LogP contribution in [-0.4, -0.2) is 18.6 Å². The Balaban J connectivity index is 4.15. The first kappa shape index (κ1) is 12.5. The molecular formula is C6H16NO3PS. The maximum absolute atomic E-state index is 11.6. The molecule has 0 aromatic rings. The third-order valence-electron chi connectivity index (χ3n) is 0.859. The van der Waals surface area contributed by atoms with E-state index in [0.29, 0.717) is 0 Å². The van der Waals surface area contributed by atoms with Crippen LogP contribution in [0, 0.1) is 0 Å². The van der Waals surface area contributed by atoms with E-state index in [2.05, 4.69) is 0 Å². The van der Waals surface area contributed by atoms with Gasteiger partial charge in [-0.1, -0.05) is 13.8 Å². The molecule has 0 amide bonds. The lowest BCUT2D eigenvalue weighted by Crippen LogP contribution is -2.17. The summed E-state index contributed by atoms with van der Waals surface area (Å²) in [7, 11) is 1.36. The fourth-order valence-corrected chi connectivity index (χ4v) is 4.08. The molecule has 0 saturated heterocycles. The minimum atomic E-state index is -3.02. The van der Waals surface area contributed by atoms with Gasteiger partial charge in [0.1, 0.15) is 6.23 Å². The first-order chi connectivity index (χ1) is 5.39. The van der Waals surface area contributed by atoms with Crippen LogP contribution in [0.4, 0.5) is 0 Å². The summed E-state index contributed by atoms with van der Waals surface area (Å²) in [6.45, 7) is 2.43. The Morgan fingerprint density at radius 1 is 1.42 bits per heavy atom. The highest BCUT2D eigenvalue weighted by atomic mass is 32.7. The summed E-state index contributed by atoms with van der Waals surface area (Å²) in [6.07, 6.45) is -0.568. The van der Waals surface area contributed by atoms with E-state index < -0.39 is 13.0 Å². The van der Waals surface area contributed by atoms with Crippen LogP contribution in [0.15, 0.2) is 0 Å². The zero-order valence-corrected chi connectivity index (χ0v) is 9.52. The highest BCUT2D eigenvalue weighted by Gasteiger charge is 2.26. The average molecular weight is 213 g/mol. The number of hydrogen-bond donors (Lipinski definition) is 1. The Bertz CT molecular complexity index is 160. The summed E-state index contributed by atoms with van der Waals surface area (Å²) in [5, 5.41) is 0.189. The summed E-state index contributed by atoms with van der Waals surface area (Å²) in [5.74, 6) is 0. The van der Waals surface area contributed by atoms with Gasteiger partial charge in [-0.25, -0.2) is 4.57 Å². The number of hydrogen-bond acceptors (Lipinski definition) is 5. The second kappa shape index (κ2) is 5.25. The molecular weight excluding hydrogens is 197 g/mol. The summed E-state index contributed by atoms with van der Waals surface area (Å²) in [4.78, 5) is 0. The zero-order chi connectivity index (χ0) is 9.78. The van der Waals surface area contributed by atoms with Gasteiger partial charge < -0.3 is 10.3 Å². The minimum Gasteiger partial charge on any atom is -0.306 e. The molecule has 4 nitrogen and oxygen atoms in total. The molecule has 0 saturated carbocycles. The molecule has 0 aliphatic rings. The van der Waals surface area contributed by atoms with Crippen molar-refractivity contribution in [3.8, 4) is 0 Å². The van der Waals surface area contributed by atoms with Gasteiger partial charge in [0, 0.05) is 12.4 Å². The third kappa shape index (κ3) is 5.17. The highest BCUT2D eigenvalue weighted by Crippen LogP contribution is 2.61. The van der Waals surface area contributed by atoms with Crippen molar-refractivity contribution >= 4 is 18.2 Å². The molecule has 74 valence electrons. The Morgan fingerprint density at radius 2 is 1.92 bits per heavy atom. The van der Waals surface area contributed by atoms with Crippen molar-refractivity contribution in [3.05, 3.63) is 0 Å². The van der Waals surface area contributed by atoms with Crippen molar-refractivity contribution in [1.82, 2.24) is 0 Å². The molecule has 2 N–H and O–H groups in total. The molecule has 6 heteroatoms. The van der Waals surface area contributed by atoms with Gasteiger partial charge >= 0.3 is 6.80 Å². The lowest BCUT2D eigenvalue weighted by molar-refractivity contribution is 0.192. The molecule has 0 bridgehead atoms. The lowest BCUT2D eigenvalue weighted by atomic mass is 10.6. The van der Waals surface area contributed by atoms with Crippen molar-refractivity contribution in [2.24, 2.45) is 5.73 Å². The Hall–Kier alpha value is 0.460. The minimum absolute atomic E-state index is 0.189. The fourth-order valence-electron chi connectivity index (χ4n) is 0.573. The van der Waals surface area contributed by atoms with Gasteiger partial charge in [0.2, 0.25) is 0 Å². The van der Waals surface area contributed by atoms with Gasteiger partial charge in [0.05, 0.1) is 0 Å². The summed E-state index contributed by atoms with van der Waals surface area (Å²) < 4.78 is 21.4. The van der Waals surface area contributed by atoms with Crippen LogP contribution in [0.25, 0.3) is 0 Å². The van der Waals surface area contributed by atoms with E-state index in [9.17, 15) is 4.57 Å². The molecule has 0 aliphatic heterocycles. The van der Waals surface area contributed by atoms with Gasteiger partial charge in [0.15, 0.2) is 0 Å². The molecule has 0 rings (SSSR count). The first-order valence-electron chi connectivity index (χ1n) is 3.68. The predicted octanol–water partition coefficient (Wildman–Crippen LogP) is 2.20. The van der Waals surface area contributed by atoms with Crippen LogP contribution >= 0.6 is 18.2 Å². The quantitative estimate of drug-likeness (QED) is 0.560. The van der Waals surface area contributed by atoms with E-state index in [1.165, 1.54) is 7.11 Å². The molecule has 12 heavy (non-hydrogen) atoms. The number of nitrogens with two attached hydrogens (primary N) is 1. The molecule has 2 unspecified atom stereocenters. The molecule has 0 aromatic carbocycles. The molecule has 0 radical (unpaired) electrons. The monoisotopic (exact) mass is 213 g/mol. The Kier molecular flexibility index (Phi) is 5.45. The van der Waals surface area contributed by atoms with Gasteiger partial charge in [-0.15, -0.1) is 0 Å². The maximum atomic E-state index is 11.6. The third-order valence-corrected chi connectivity index (χ3v) is 5.32. The first-order valence-corrected chi connectivity index (χ1v) is 6.70. The predicted molar refractivity (Wildman–Crippen MR) is 52.1 cm³/mol. The highest BCUT2D eigenvalue weighted by molar-refractivity contribution is 8.55. The second-order valence-corrected chi connectivity index (χ2v) is 7.19. The Morgan fingerprint density at radius 3 is 2.17 bits per heavy atom. The van der Waals surface area contributed by atoms with Crippen LogP contribution in [-0.2, 0) is 13.6 Å². The van der Waals surface area contributed by atoms with E-state index in [1.54, 1.807) is 6.92 Å². The standard InChI is InChI=1S/C6H16NO3PS/c1-5(2)12-11(8,9-4)10-6(3)7/h5-6H,7H2,1-4H3. The van der Waals surface area contributed by atoms with Crippen LogP contribution in [0.2, 0.25) is 0 Å². The normalized spacial score (nSPS) is 19.2. The second-order valence-electron chi connectivity index (χ2n) is 2.59. The number of rotatable bonds is 5. The van der Waals surface area contributed by atoms with E-state index in [0.717, 1.165) is 11.4 Å². The summed E-state index contributed by atoms with van der Waals surface area (Å²) in [6, 6.07) is 0. The van der Waals surface area contributed by atoms with Gasteiger partial charge in [0.25, 0.3) is 0 Å². The van der Waals surface area contributed by atoms with E-state index in [-0.39, 0.29) is 5.25 Å². The smallest absolute Gasteiger partial charge is 0.306 e. The van der Waals surface area contributed by atoms with Crippen LogP contribution in [0.1, 0.15) is 20.8 Å². The van der Waals surface area contributed by atoms with Crippen molar-refractivity contribution in [1.29, 1.82) is 0 Å². The Labute approximate surface area is 77.5 Å². The SMILES string of the molecule is COP(=O)(OC(C)N)SC(C)C. The molecule has 0 fully saturated rings. The molecule has 0 spiro atoms. The van der Waals surface area contributed by atoms with Crippen LogP contribution < -0.4 is 5.73 Å². The van der Waals surface area contributed by atoms with Gasteiger partial charge in [-0.05, 0) is 18.3 Å². The van der Waals surface area contributed by atoms with Crippen LogP contribution in [0.5, 0.6) is 0 Å². The van der Waals surface area contributed by atoms with Gasteiger partial charge in [-0.2, -0.15) is 0 Å². The van der Waals surface area contributed by atoms with Crippen LogP contribution in [0.3, 0.4) is 0 Å². The fraction of sp³-hybridized carbons (Fsp3) is 1.00. The maximum Gasteiger partial charge on any atom is 0.390 e. The van der Waals surface area contributed by atoms with E-state index in [4.69, 9.17) is 14.8 Å². The van der Waals surface area contributed by atoms with Crippen molar-refractivity contribution in [2.45, 2.75) is 32.2 Å².